The van der Waals surface area contributed by atoms with Gasteiger partial charge in [0.15, 0.2) is 23.1 Å². The molecule has 11 heteroatoms. The van der Waals surface area contributed by atoms with Gasteiger partial charge in [0.2, 0.25) is 11.8 Å². The molecule has 2 amide bonds. The summed E-state index contributed by atoms with van der Waals surface area (Å²) < 4.78 is 5.51. The van der Waals surface area contributed by atoms with E-state index in [-0.39, 0.29) is 57.9 Å². The first kappa shape index (κ1) is 33.3. The van der Waals surface area contributed by atoms with Gasteiger partial charge in [-0.3, -0.25) is 29.3 Å². The first-order valence-electron chi connectivity index (χ1n) is 16.9. The molecule has 6 atom stereocenters. The predicted molar refractivity (Wildman–Crippen MR) is 192 cm³/mol. The number of halogens is 1. The van der Waals surface area contributed by atoms with Gasteiger partial charge in [-0.1, -0.05) is 90.0 Å². The molecule has 0 aromatic heterocycles. The minimum atomic E-state index is -1.50. The normalized spacial score (nSPS) is 26.6. The zero-order chi connectivity index (χ0) is 36.5. The smallest absolute Gasteiger partial charge is 0.271 e. The maximum absolute atomic E-state index is 15.2. The Balaban J connectivity index is 1.37. The Morgan fingerprint density at radius 3 is 2.31 bits per heavy atom. The largest absolute Gasteiger partial charge is 0.503 e. The summed E-state index contributed by atoms with van der Waals surface area (Å²) in [5, 5.41) is 22.4. The Hall–Kier alpha value is -5.87. The van der Waals surface area contributed by atoms with Crippen LogP contribution in [0.2, 0.25) is 5.02 Å². The summed E-state index contributed by atoms with van der Waals surface area (Å²) in [5.74, 6) is -6.02. The van der Waals surface area contributed by atoms with Crippen LogP contribution < -0.4 is 9.64 Å². The number of Topliss-reactive ketones (excluding diaryl/α,β-unsaturated/α-hetero) is 1. The number of hydrogen-bond acceptors (Lipinski definition) is 8. The van der Waals surface area contributed by atoms with Crippen molar-refractivity contribution in [2.75, 3.05) is 12.0 Å². The van der Waals surface area contributed by atoms with Crippen LogP contribution in [0.25, 0.3) is 5.57 Å². The van der Waals surface area contributed by atoms with E-state index in [0.29, 0.717) is 22.3 Å². The number of fused-ring (bicyclic) bond motifs is 4. The molecule has 1 saturated heterocycles. The number of imide groups is 1. The number of methoxy groups -OCH3 is 1. The quantitative estimate of drug-likeness (QED) is 0.0974. The molecule has 0 radical (unpaired) electrons. The molecule has 1 aliphatic heterocycles. The van der Waals surface area contributed by atoms with Crippen molar-refractivity contribution in [1.29, 1.82) is 0 Å². The van der Waals surface area contributed by atoms with E-state index in [1.54, 1.807) is 36.4 Å². The third kappa shape index (κ3) is 4.77. The van der Waals surface area contributed by atoms with Crippen LogP contribution in [0.4, 0.5) is 11.4 Å². The molecule has 1 saturated carbocycles. The Kier molecular flexibility index (Phi) is 7.95. The van der Waals surface area contributed by atoms with E-state index in [4.69, 9.17) is 16.3 Å². The van der Waals surface area contributed by atoms with Gasteiger partial charge < -0.3 is 9.84 Å². The molecule has 0 bridgehead atoms. The number of non-ortho nitro benzene ring substituents is 1. The minimum absolute atomic E-state index is 0.0235. The van der Waals surface area contributed by atoms with Crippen LogP contribution in [-0.4, -0.2) is 40.5 Å². The number of ketones is 2. The highest BCUT2D eigenvalue weighted by molar-refractivity contribution is 6.33. The molecule has 6 unspecified atom stereocenters. The maximum Gasteiger partial charge on any atom is 0.271 e. The molecule has 4 aromatic carbocycles. The second-order valence-corrected chi connectivity index (χ2v) is 14.0. The number of aromatic hydroxyl groups is 1. The molecule has 4 aromatic rings. The topological polar surface area (TPSA) is 144 Å². The van der Waals surface area contributed by atoms with Crippen molar-refractivity contribution in [3.05, 3.63) is 147 Å². The fraction of sp³-hybridized carbons (Fsp3) is 0.220. The van der Waals surface area contributed by atoms with E-state index in [2.05, 4.69) is 0 Å². The molecule has 1 heterocycles. The lowest BCUT2D eigenvalue weighted by atomic mass is 9.44. The van der Waals surface area contributed by atoms with Gasteiger partial charge in [-0.15, -0.1) is 0 Å². The summed E-state index contributed by atoms with van der Waals surface area (Å²) in [6, 6.07) is 26.6. The van der Waals surface area contributed by atoms with Crippen molar-refractivity contribution in [2.24, 2.45) is 23.7 Å². The molecule has 2 fully saturated rings. The molecule has 260 valence electrons. The second kappa shape index (κ2) is 12.4. The zero-order valence-electron chi connectivity index (χ0n) is 27.8. The van der Waals surface area contributed by atoms with Gasteiger partial charge in [0.1, 0.15) is 0 Å². The second-order valence-electron chi connectivity index (χ2n) is 13.6. The number of nitrogens with zero attached hydrogens (tertiary/aromatic N) is 2. The fourth-order valence-corrected chi connectivity index (χ4v) is 9.38. The number of hydrogen-bond donors (Lipinski definition) is 1. The van der Waals surface area contributed by atoms with E-state index < -0.39 is 51.7 Å². The summed E-state index contributed by atoms with van der Waals surface area (Å²) in [7, 11) is 1.38. The van der Waals surface area contributed by atoms with E-state index in [0.717, 1.165) is 4.90 Å². The van der Waals surface area contributed by atoms with E-state index >= 15 is 9.59 Å². The lowest BCUT2D eigenvalue weighted by Crippen LogP contribution is -2.58. The number of nitro benzene ring substituents is 1. The van der Waals surface area contributed by atoms with Crippen molar-refractivity contribution >= 4 is 51.9 Å². The number of allylic oxidation sites excluding steroid dienone is 4. The summed E-state index contributed by atoms with van der Waals surface area (Å²) in [6.45, 7) is 0. The molecule has 8 rings (SSSR count). The molecule has 1 N–H and O–H groups in total. The lowest BCUT2D eigenvalue weighted by Gasteiger charge is -2.55. The van der Waals surface area contributed by atoms with Crippen LogP contribution in [0.15, 0.2) is 115 Å². The summed E-state index contributed by atoms with van der Waals surface area (Å²) >= 11 is 6.61. The van der Waals surface area contributed by atoms with Crippen LogP contribution in [0.3, 0.4) is 0 Å². The SMILES string of the molecule is COc1cc(C2C3=CCC4C(=O)N(c5cccc([N+](=O)[O-])c5)C(=O)C4C3CC3C(=O)C(c4ccccc4)=CC(=O)C32c2ccccc2)cc(Cl)c1O. The number of amides is 2. The first-order chi connectivity index (χ1) is 25.1. The van der Waals surface area contributed by atoms with Gasteiger partial charge in [0, 0.05) is 29.5 Å². The number of phenols is 1. The molecule has 3 aliphatic carbocycles. The van der Waals surface area contributed by atoms with Crippen LogP contribution in [0.1, 0.15) is 35.4 Å². The maximum atomic E-state index is 15.2. The summed E-state index contributed by atoms with van der Waals surface area (Å²) in [4.78, 5) is 70.9. The highest BCUT2D eigenvalue weighted by Crippen LogP contribution is 2.64. The number of rotatable bonds is 6. The van der Waals surface area contributed by atoms with Gasteiger partial charge in [0.25, 0.3) is 5.69 Å². The van der Waals surface area contributed by atoms with Crippen molar-refractivity contribution < 1.29 is 33.9 Å². The summed E-state index contributed by atoms with van der Waals surface area (Å²) in [6.07, 6.45) is 3.57. The number of phenolic OH excluding ortho intramolecular Hbond substituents is 1. The fourth-order valence-electron chi connectivity index (χ4n) is 9.17. The van der Waals surface area contributed by atoms with Gasteiger partial charge in [0.05, 0.1) is 40.0 Å². The van der Waals surface area contributed by atoms with Gasteiger partial charge in [-0.05, 0) is 59.7 Å². The minimum Gasteiger partial charge on any atom is -0.503 e. The highest BCUT2D eigenvalue weighted by Gasteiger charge is 2.66. The van der Waals surface area contributed by atoms with E-state index in [1.165, 1.54) is 37.5 Å². The third-order valence-corrected chi connectivity index (χ3v) is 11.6. The van der Waals surface area contributed by atoms with Crippen molar-refractivity contribution in [3.8, 4) is 11.5 Å². The van der Waals surface area contributed by atoms with Crippen LogP contribution >= 0.6 is 11.6 Å². The Morgan fingerprint density at radius 1 is 0.904 bits per heavy atom. The average molecular weight is 715 g/mol. The van der Waals surface area contributed by atoms with Crippen LogP contribution in [0.5, 0.6) is 11.5 Å². The van der Waals surface area contributed by atoms with E-state index in [9.17, 15) is 24.8 Å². The number of ether oxygens (including phenoxy) is 1. The first-order valence-corrected chi connectivity index (χ1v) is 17.3. The zero-order valence-corrected chi connectivity index (χ0v) is 28.5. The lowest BCUT2D eigenvalue weighted by molar-refractivity contribution is -0.384. The molecule has 0 spiro atoms. The van der Waals surface area contributed by atoms with Crippen LogP contribution in [-0.2, 0) is 24.6 Å². The third-order valence-electron chi connectivity index (χ3n) is 11.3. The average Bonchev–Trinajstić information content (AvgIpc) is 3.42. The summed E-state index contributed by atoms with van der Waals surface area (Å²) in [5.41, 5.74) is 0.972. The Labute approximate surface area is 303 Å². The van der Waals surface area contributed by atoms with Crippen LogP contribution in [0, 0.1) is 33.8 Å². The molecular formula is C41H31ClN2O8. The predicted octanol–water partition coefficient (Wildman–Crippen LogP) is 6.99. The Bertz CT molecular complexity index is 2270. The van der Waals surface area contributed by atoms with Gasteiger partial charge in [-0.25, -0.2) is 4.90 Å². The van der Waals surface area contributed by atoms with Gasteiger partial charge >= 0.3 is 0 Å². The molecule has 10 nitrogen and oxygen atoms in total. The van der Waals surface area contributed by atoms with Crippen molar-refractivity contribution in [2.45, 2.75) is 24.2 Å². The molecule has 52 heavy (non-hydrogen) atoms. The number of carbonyl (C=O) groups is 4. The highest BCUT2D eigenvalue weighted by atomic mass is 35.5. The standard InChI is InChI=1S/C41H31ClN2O8/c1-52-33-18-23(17-32(42)38(33)47)36-27-15-16-28-35(40(49)43(39(28)48)25-13-8-14-26(19-25)44(50)51)30(27)20-31-37(46)29(22-9-4-2-5-10-22)21-34(45)41(31,36)24-11-6-3-7-12-24/h2-15,17-19,21,28,30-31,35-36,47H,16,20H2,1H3. The molecule has 4 aliphatic rings. The number of benzene rings is 4. The Morgan fingerprint density at radius 2 is 1.62 bits per heavy atom. The molecular weight excluding hydrogens is 684 g/mol. The number of nitro groups is 1. The number of carbonyl (C=O) groups excluding carboxylic acids is 4. The number of anilines is 1. The monoisotopic (exact) mass is 714 g/mol. The van der Waals surface area contributed by atoms with E-state index in [1.807, 2.05) is 42.5 Å². The van der Waals surface area contributed by atoms with Gasteiger partial charge in [-0.2, -0.15) is 0 Å². The van der Waals surface area contributed by atoms with Crippen molar-refractivity contribution in [1.82, 2.24) is 0 Å². The van der Waals surface area contributed by atoms with Crippen molar-refractivity contribution in [3.63, 3.8) is 0 Å².